The maximum Gasteiger partial charge on any atom is 0.171 e. The van der Waals surface area contributed by atoms with E-state index in [2.05, 4.69) is 13.8 Å². The quantitative estimate of drug-likeness (QED) is 0.675. The molecule has 0 unspecified atom stereocenters. The molecule has 0 aliphatic heterocycles. The third kappa shape index (κ3) is 2.21. The van der Waals surface area contributed by atoms with Gasteiger partial charge in [-0.1, -0.05) is 39.8 Å². The molecule has 0 heterocycles. The number of benzene rings is 1. The first-order chi connectivity index (χ1) is 7.59. The maximum absolute atomic E-state index is 11.4. The van der Waals surface area contributed by atoms with Gasteiger partial charge in [-0.15, -0.1) is 0 Å². The first-order valence-corrected chi connectivity index (χ1v) is 5.80. The van der Waals surface area contributed by atoms with E-state index in [9.17, 15) is 9.59 Å². The summed E-state index contributed by atoms with van der Waals surface area (Å²) in [5.74, 6) is 0.316. The van der Waals surface area contributed by atoms with E-state index < -0.39 is 0 Å². The average molecular weight is 218 g/mol. The van der Waals surface area contributed by atoms with Gasteiger partial charge in [-0.2, -0.15) is 0 Å². The van der Waals surface area contributed by atoms with Gasteiger partial charge in [0.2, 0.25) is 0 Å². The number of fused-ring (bicyclic) bond motifs is 1. The lowest BCUT2D eigenvalue weighted by Crippen LogP contribution is -1.95. The molecule has 0 aromatic heterocycles. The number of carbonyl (C=O) groups excluding carboxylic acids is 2. The van der Waals surface area contributed by atoms with Crippen molar-refractivity contribution < 1.29 is 9.59 Å². The summed E-state index contributed by atoms with van der Waals surface area (Å²) in [6, 6.07) is 5.56. The number of ketones is 2. The van der Waals surface area contributed by atoms with E-state index in [-0.39, 0.29) is 18.0 Å². The Bertz CT molecular complexity index is 417. The molecule has 0 saturated carbocycles. The Labute approximate surface area is 96.7 Å². The molecule has 0 N–H and O–H groups in total. The third-order valence-corrected chi connectivity index (χ3v) is 2.63. The molecule has 16 heavy (non-hydrogen) atoms. The molecule has 0 bridgehead atoms. The normalized spacial score (nSPS) is 13.6. The van der Waals surface area contributed by atoms with Crippen molar-refractivity contribution in [2.75, 3.05) is 0 Å². The van der Waals surface area contributed by atoms with Crippen LogP contribution in [0.25, 0.3) is 0 Å². The Morgan fingerprint density at radius 3 is 2.12 bits per heavy atom. The minimum atomic E-state index is -0.0414. The molecular formula is C14H18O2. The zero-order valence-corrected chi connectivity index (χ0v) is 10.3. The zero-order valence-electron chi connectivity index (χ0n) is 10.3. The van der Waals surface area contributed by atoms with Gasteiger partial charge in [0, 0.05) is 11.1 Å². The van der Waals surface area contributed by atoms with E-state index in [0.29, 0.717) is 17.0 Å². The van der Waals surface area contributed by atoms with Gasteiger partial charge in [0.25, 0.3) is 0 Å². The van der Waals surface area contributed by atoms with Crippen molar-refractivity contribution in [2.45, 2.75) is 40.0 Å². The van der Waals surface area contributed by atoms with Crippen LogP contribution in [0.1, 0.15) is 66.3 Å². The summed E-state index contributed by atoms with van der Waals surface area (Å²) in [6.45, 7) is 8.14. The van der Waals surface area contributed by atoms with E-state index >= 15 is 0 Å². The lowest BCUT2D eigenvalue weighted by Gasteiger charge is -2.06. The Kier molecular flexibility index (Phi) is 3.99. The number of carbonyl (C=O) groups is 2. The summed E-state index contributed by atoms with van der Waals surface area (Å²) in [6.07, 6.45) is 0.0525. The summed E-state index contributed by atoms with van der Waals surface area (Å²) < 4.78 is 0. The van der Waals surface area contributed by atoms with Crippen molar-refractivity contribution in [1.29, 1.82) is 0 Å². The van der Waals surface area contributed by atoms with Crippen LogP contribution in [0.2, 0.25) is 0 Å². The molecule has 0 amide bonds. The standard InChI is InChI=1S/C12H12O2.C2H6/c1-7(2)8-3-4-9-10(5-8)12(14)6-11(9)13;1-2/h3-5,7H,6H2,1-2H3;1-2H3. The predicted molar refractivity (Wildman–Crippen MR) is 65.2 cm³/mol. The molecule has 2 rings (SSSR count). The Morgan fingerprint density at radius 1 is 1.00 bits per heavy atom. The summed E-state index contributed by atoms with van der Waals surface area (Å²) in [7, 11) is 0. The third-order valence-electron chi connectivity index (χ3n) is 2.63. The van der Waals surface area contributed by atoms with Gasteiger partial charge in [-0.25, -0.2) is 0 Å². The second-order valence-electron chi connectivity index (χ2n) is 3.98. The van der Waals surface area contributed by atoms with E-state index in [4.69, 9.17) is 0 Å². The second-order valence-corrected chi connectivity index (χ2v) is 3.98. The summed E-state index contributed by atoms with van der Waals surface area (Å²) in [5, 5.41) is 0. The van der Waals surface area contributed by atoms with Crippen LogP contribution in [0.3, 0.4) is 0 Å². The fourth-order valence-corrected chi connectivity index (χ4v) is 1.73. The lowest BCUT2D eigenvalue weighted by atomic mass is 9.98. The van der Waals surface area contributed by atoms with Crippen molar-refractivity contribution in [3.63, 3.8) is 0 Å². The van der Waals surface area contributed by atoms with Crippen LogP contribution in [0.15, 0.2) is 18.2 Å². The van der Waals surface area contributed by atoms with Gasteiger partial charge in [-0.3, -0.25) is 9.59 Å². The molecule has 0 fully saturated rings. The van der Waals surface area contributed by atoms with Crippen molar-refractivity contribution in [3.8, 4) is 0 Å². The maximum atomic E-state index is 11.4. The molecule has 1 aliphatic carbocycles. The highest BCUT2D eigenvalue weighted by molar-refractivity contribution is 6.24. The SMILES string of the molecule is CC.CC(C)c1ccc2c(c1)C(=O)CC2=O. The minimum Gasteiger partial charge on any atom is -0.294 e. The van der Waals surface area contributed by atoms with Gasteiger partial charge >= 0.3 is 0 Å². The second kappa shape index (κ2) is 5.06. The van der Waals surface area contributed by atoms with Gasteiger partial charge in [0.15, 0.2) is 11.6 Å². The number of rotatable bonds is 1. The highest BCUT2D eigenvalue weighted by atomic mass is 16.2. The van der Waals surface area contributed by atoms with Crippen LogP contribution in [-0.2, 0) is 0 Å². The van der Waals surface area contributed by atoms with E-state index in [1.807, 2.05) is 26.0 Å². The van der Waals surface area contributed by atoms with Crippen molar-refractivity contribution in [3.05, 3.63) is 34.9 Å². The highest BCUT2D eigenvalue weighted by Crippen LogP contribution is 2.25. The van der Waals surface area contributed by atoms with E-state index in [0.717, 1.165) is 5.56 Å². The number of hydrogen-bond donors (Lipinski definition) is 0. The Hall–Kier alpha value is -1.44. The van der Waals surface area contributed by atoms with Crippen LogP contribution in [0.5, 0.6) is 0 Å². The van der Waals surface area contributed by atoms with Crippen molar-refractivity contribution in [2.24, 2.45) is 0 Å². The van der Waals surface area contributed by atoms with Crippen LogP contribution in [0, 0.1) is 0 Å². The predicted octanol–water partition coefficient (Wildman–Crippen LogP) is 3.61. The molecule has 1 aromatic carbocycles. The summed E-state index contributed by atoms with van der Waals surface area (Å²) in [4.78, 5) is 22.8. The molecular weight excluding hydrogens is 200 g/mol. The van der Waals surface area contributed by atoms with E-state index in [1.54, 1.807) is 6.07 Å². The van der Waals surface area contributed by atoms with Crippen LogP contribution in [0.4, 0.5) is 0 Å². The van der Waals surface area contributed by atoms with Gasteiger partial charge < -0.3 is 0 Å². The van der Waals surface area contributed by atoms with Crippen molar-refractivity contribution in [1.82, 2.24) is 0 Å². The highest BCUT2D eigenvalue weighted by Gasteiger charge is 2.27. The monoisotopic (exact) mass is 218 g/mol. The first kappa shape index (κ1) is 12.6. The van der Waals surface area contributed by atoms with Gasteiger partial charge in [0.05, 0.1) is 6.42 Å². The molecule has 1 aliphatic rings. The van der Waals surface area contributed by atoms with Crippen molar-refractivity contribution >= 4 is 11.6 Å². The van der Waals surface area contributed by atoms with Crippen LogP contribution >= 0.6 is 0 Å². The van der Waals surface area contributed by atoms with E-state index in [1.165, 1.54) is 0 Å². The smallest absolute Gasteiger partial charge is 0.171 e. The Balaban J connectivity index is 0.000000606. The molecule has 1 aromatic rings. The molecule has 0 radical (unpaired) electrons. The summed E-state index contributed by atoms with van der Waals surface area (Å²) in [5.41, 5.74) is 2.33. The summed E-state index contributed by atoms with van der Waals surface area (Å²) >= 11 is 0. The number of Topliss-reactive ketones (excluding diaryl/α,β-unsaturated/α-hetero) is 2. The fraction of sp³-hybridized carbons (Fsp3) is 0.429. The van der Waals surface area contributed by atoms with Gasteiger partial charge in [-0.05, 0) is 17.5 Å². The lowest BCUT2D eigenvalue weighted by molar-refractivity contribution is 0.0923. The molecule has 0 atom stereocenters. The largest absolute Gasteiger partial charge is 0.294 e. The zero-order chi connectivity index (χ0) is 12.3. The van der Waals surface area contributed by atoms with Gasteiger partial charge in [0.1, 0.15) is 0 Å². The van der Waals surface area contributed by atoms with Crippen LogP contribution in [-0.4, -0.2) is 11.6 Å². The minimum absolute atomic E-state index is 0.0347. The molecule has 86 valence electrons. The average Bonchev–Trinajstić information content (AvgIpc) is 2.57. The van der Waals surface area contributed by atoms with Crippen LogP contribution < -0.4 is 0 Å². The fourth-order valence-electron chi connectivity index (χ4n) is 1.73. The Morgan fingerprint density at radius 2 is 1.56 bits per heavy atom. The molecule has 0 saturated heterocycles. The first-order valence-electron chi connectivity index (χ1n) is 5.80. The molecule has 0 spiro atoms. The molecule has 2 heteroatoms. The number of hydrogen-bond acceptors (Lipinski definition) is 2. The molecule has 2 nitrogen and oxygen atoms in total. The topological polar surface area (TPSA) is 34.1 Å².